The van der Waals surface area contributed by atoms with Crippen LogP contribution in [0.1, 0.15) is 100 Å². The first-order valence-electron chi connectivity index (χ1n) is 22.9. The summed E-state index contributed by atoms with van der Waals surface area (Å²) < 4.78 is 33.1. The van der Waals surface area contributed by atoms with Crippen LogP contribution in [0.25, 0.3) is 10.8 Å². The van der Waals surface area contributed by atoms with Crippen molar-refractivity contribution >= 4 is 30.8 Å². The Morgan fingerprint density at radius 1 is 0.692 bits per heavy atom. The quantitative estimate of drug-likeness (QED) is 0.0487. The molecule has 1 N–H and O–H groups in total. The van der Waals surface area contributed by atoms with E-state index in [0.717, 1.165) is 38.6 Å². The van der Waals surface area contributed by atoms with Gasteiger partial charge in [-0.15, -0.1) is 0 Å². The van der Waals surface area contributed by atoms with Crippen molar-refractivity contribution in [3.8, 4) is 0 Å². The molecule has 1 aliphatic heterocycles. The van der Waals surface area contributed by atoms with E-state index in [2.05, 4.69) is 76.3 Å². The van der Waals surface area contributed by atoms with Crippen molar-refractivity contribution in [3.63, 3.8) is 0 Å². The molecule has 6 aromatic carbocycles. The van der Waals surface area contributed by atoms with Gasteiger partial charge in [-0.2, -0.15) is 0 Å². The summed E-state index contributed by atoms with van der Waals surface area (Å²) in [5.74, 6) is -0.568. The van der Waals surface area contributed by atoms with E-state index in [-0.39, 0.29) is 43.1 Å². The number of carbonyl (C=O) groups excluding carboxylic acids is 2. The summed E-state index contributed by atoms with van der Waals surface area (Å²) >= 11 is 0. The first-order chi connectivity index (χ1) is 31.2. The van der Waals surface area contributed by atoms with Crippen LogP contribution in [-0.2, 0) is 38.6 Å². The van der Waals surface area contributed by atoms with E-state index in [9.17, 15) is 14.7 Å². The molecule has 0 spiro atoms. The van der Waals surface area contributed by atoms with Crippen LogP contribution in [0.4, 0.5) is 0 Å². The summed E-state index contributed by atoms with van der Waals surface area (Å²) in [6.07, 6.45) is -3.42. The van der Waals surface area contributed by atoms with E-state index in [1.807, 2.05) is 128 Å². The smallest absolute Gasteiger partial charge is 0.308 e. The van der Waals surface area contributed by atoms with Crippen LogP contribution in [0.5, 0.6) is 0 Å². The van der Waals surface area contributed by atoms with Crippen LogP contribution >= 0.6 is 0 Å². The molecule has 0 amide bonds. The van der Waals surface area contributed by atoms with E-state index in [4.69, 9.17) is 23.4 Å². The molecule has 1 fully saturated rings. The molecule has 1 heterocycles. The lowest BCUT2D eigenvalue weighted by Crippen LogP contribution is -2.45. The summed E-state index contributed by atoms with van der Waals surface area (Å²) in [7, 11) is -2.40. The highest BCUT2D eigenvalue weighted by Crippen LogP contribution is 2.42. The van der Waals surface area contributed by atoms with E-state index in [1.54, 1.807) is 0 Å². The summed E-state index contributed by atoms with van der Waals surface area (Å²) in [6.45, 7) is 12.7. The number of carbonyl (C=O) groups is 2. The number of benzene rings is 6. The van der Waals surface area contributed by atoms with Crippen LogP contribution in [0.15, 0.2) is 164 Å². The fraction of sp³-hybridized carbons (Fsp3) is 0.357. The molecule has 0 aliphatic carbocycles. The predicted molar refractivity (Wildman–Crippen MR) is 259 cm³/mol. The zero-order valence-corrected chi connectivity index (χ0v) is 39.6. The van der Waals surface area contributed by atoms with Gasteiger partial charge >= 0.3 is 5.97 Å². The number of fused-ring (bicyclic) bond motifs is 1. The maximum absolute atomic E-state index is 14.0. The molecule has 8 nitrogen and oxygen atoms in total. The van der Waals surface area contributed by atoms with Gasteiger partial charge < -0.3 is 28.5 Å². The molecule has 9 heteroatoms. The topological polar surface area (TPSA) is 101 Å². The van der Waals surface area contributed by atoms with E-state index in [1.165, 1.54) is 0 Å². The van der Waals surface area contributed by atoms with Gasteiger partial charge in [0.2, 0.25) is 0 Å². The van der Waals surface area contributed by atoms with Gasteiger partial charge in [0.15, 0.2) is 14.6 Å². The molecule has 6 atom stereocenters. The third-order valence-electron chi connectivity index (χ3n) is 12.9. The van der Waals surface area contributed by atoms with Crippen molar-refractivity contribution < 1.29 is 38.1 Å². The first-order valence-corrected chi connectivity index (χ1v) is 25.8. The number of ether oxygens (including phenoxy) is 4. The molecule has 7 rings (SSSR count). The highest BCUT2D eigenvalue weighted by molar-refractivity contribution is 6.74. The Kier molecular flexibility index (Phi) is 15.7. The molecule has 1 aliphatic rings. The minimum Gasteiger partial charge on any atom is -0.458 e. The minimum absolute atomic E-state index is 0.0460. The Morgan fingerprint density at radius 2 is 1.22 bits per heavy atom. The second kappa shape index (κ2) is 21.4. The van der Waals surface area contributed by atoms with Crippen LogP contribution in [0, 0.1) is 0 Å². The molecule has 0 unspecified atom stereocenters. The molecule has 0 bridgehead atoms. The molecule has 0 radical (unpaired) electrons. The van der Waals surface area contributed by atoms with Gasteiger partial charge in [-0.05, 0) is 70.6 Å². The number of ketones is 1. The van der Waals surface area contributed by atoms with Gasteiger partial charge in [-0.25, -0.2) is 0 Å². The lowest BCUT2D eigenvalue weighted by Gasteiger charge is -2.40. The molecule has 6 aromatic rings. The zero-order valence-electron chi connectivity index (χ0n) is 38.6. The molecular weight excluding hydrogens is 829 g/mol. The van der Waals surface area contributed by atoms with E-state index in [0.29, 0.717) is 6.42 Å². The Hall–Kier alpha value is -5.26. The zero-order chi connectivity index (χ0) is 46.0. The molecule has 0 saturated carbocycles. The number of aliphatic hydroxyl groups excluding tert-OH is 1. The molecule has 0 aromatic heterocycles. The van der Waals surface area contributed by atoms with E-state index >= 15 is 0 Å². The van der Waals surface area contributed by atoms with Gasteiger partial charge in [0.1, 0.15) is 17.5 Å². The lowest BCUT2D eigenvalue weighted by atomic mass is 9.80. The number of rotatable bonds is 19. The second-order valence-electron chi connectivity index (χ2n) is 18.9. The Morgan fingerprint density at radius 3 is 1.78 bits per heavy atom. The van der Waals surface area contributed by atoms with Crippen LogP contribution in [-0.4, -0.2) is 56.2 Å². The predicted octanol–water partition coefficient (Wildman–Crippen LogP) is 12.2. The van der Waals surface area contributed by atoms with Gasteiger partial charge in [-0.1, -0.05) is 178 Å². The Labute approximate surface area is 386 Å². The fourth-order valence-electron chi connectivity index (χ4n) is 8.49. The molecular formula is C56H64O8Si. The number of aliphatic hydroxyl groups is 1. The number of esters is 1. The third-order valence-corrected chi connectivity index (χ3v) is 17.5. The van der Waals surface area contributed by atoms with Crippen LogP contribution in [0.2, 0.25) is 18.1 Å². The average molecular weight is 893 g/mol. The first kappa shape index (κ1) is 47.7. The summed E-state index contributed by atoms with van der Waals surface area (Å²) in [6, 6.07) is 54.5. The van der Waals surface area contributed by atoms with Crippen molar-refractivity contribution in [2.45, 2.75) is 120 Å². The summed E-state index contributed by atoms with van der Waals surface area (Å²) in [5.41, 5.74) is 3.72. The fourth-order valence-corrected chi connectivity index (χ4v) is 9.86. The molecule has 340 valence electrons. The Balaban J connectivity index is 1.05. The standard InChI is InChI=1S/C56H64O8Si/c1-40(43-32-31-41-21-19-20-24-44(41)33-43)61-53(59)38-51(64-65(5,6)55(2,3)4)36-49(58)34-48(57)35-50-37-52(63-54(62-50)42-22-11-7-12-23-42)39-60-56(45-25-13-8-14-26-45,46-27-15-9-16-28-46)47-29-17-10-18-30-47/h7-33,40,49-52,54,58H,34-39H2,1-6H3/t40-,49-,50-,51-,52-,54-/m1/s1. The second-order valence-corrected chi connectivity index (χ2v) is 23.6. The SMILES string of the molecule is C[C@@H](OC(=O)C[C@@H](C[C@H](O)CC(=O)C[C@@H]1C[C@H](COC(c2ccccc2)(c2ccccc2)c2ccccc2)O[C@H](c2ccccc2)O1)O[Si](C)(C)C(C)(C)C)c1ccc2ccccc2c1. The number of hydrogen-bond acceptors (Lipinski definition) is 8. The largest absolute Gasteiger partial charge is 0.458 e. The maximum atomic E-state index is 14.0. The molecule has 65 heavy (non-hydrogen) atoms. The third kappa shape index (κ3) is 12.2. The van der Waals surface area contributed by atoms with Gasteiger partial charge in [0.05, 0.1) is 37.4 Å². The maximum Gasteiger partial charge on any atom is 0.308 e. The molecule has 1 saturated heterocycles. The van der Waals surface area contributed by atoms with Crippen molar-refractivity contribution in [2.24, 2.45) is 0 Å². The van der Waals surface area contributed by atoms with Crippen LogP contribution < -0.4 is 0 Å². The van der Waals surface area contributed by atoms with Gasteiger partial charge in [0.25, 0.3) is 0 Å². The van der Waals surface area contributed by atoms with Gasteiger partial charge in [-0.3, -0.25) is 9.59 Å². The van der Waals surface area contributed by atoms with Crippen molar-refractivity contribution in [1.82, 2.24) is 0 Å². The summed E-state index contributed by atoms with van der Waals surface area (Å²) in [4.78, 5) is 27.5. The van der Waals surface area contributed by atoms with Crippen molar-refractivity contribution in [1.29, 1.82) is 0 Å². The van der Waals surface area contributed by atoms with Crippen molar-refractivity contribution in [3.05, 3.63) is 192 Å². The normalized spacial score (nSPS) is 18.4. The monoisotopic (exact) mass is 892 g/mol. The number of Topliss-reactive ketones (excluding diaryl/α,β-unsaturated/α-hetero) is 1. The minimum atomic E-state index is -2.40. The van der Waals surface area contributed by atoms with Gasteiger partial charge in [0, 0.05) is 24.8 Å². The lowest BCUT2D eigenvalue weighted by molar-refractivity contribution is -0.260. The highest BCUT2D eigenvalue weighted by Gasteiger charge is 2.42. The summed E-state index contributed by atoms with van der Waals surface area (Å²) in [5, 5.41) is 13.6. The van der Waals surface area contributed by atoms with E-state index < -0.39 is 56.7 Å². The highest BCUT2D eigenvalue weighted by atomic mass is 28.4. The average Bonchev–Trinajstić information content (AvgIpc) is 3.29. The van der Waals surface area contributed by atoms with Crippen molar-refractivity contribution in [2.75, 3.05) is 6.61 Å². The Bertz CT molecular complexity index is 2340. The number of hydrogen-bond donors (Lipinski definition) is 1. The van der Waals surface area contributed by atoms with Crippen LogP contribution in [0.3, 0.4) is 0 Å².